The molecule has 0 spiro atoms. The van der Waals surface area contributed by atoms with Crippen LogP contribution in [0.4, 0.5) is 0 Å². The number of H-pyrrole nitrogens is 1. The lowest BCUT2D eigenvalue weighted by atomic mass is 10.3. The summed E-state index contributed by atoms with van der Waals surface area (Å²) in [7, 11) is -3.09. The quantitative estimate of drug-likeness (QED) is 0.793. The van der Waals surface area contributed by atoms with Crippen molar-refractivity contribution in [2.24, 2.45) is 0 Å². The smallest absolute Gasteiger partial charge is 0.154 e. The lowest BCUT2D eigenvalue weighted by Crippen LogP contribution is -2.01. The van der Waals surface area contributed by atoms with Gasteiger partial charge >= 0.3 is 0 Å². The Bertz CT molecular complexity index is 601. The molecule has 0 saturated carbocycles. The van der Waals surface area contributed by atoms with Crippen LogP contribution in [-0.2, 0) is 15.6 Å². The fourth-order valence-electron chi connectivity index (χ4n) is 1.37. The number of phenols is 1. The van der Waals surface area contributed by atoms with Gasteiger partial charge in [-0.05, 0) is 12.1 Å². The normalized spacial score (nSPS) is 12.1. The van der Waals surface area contributed by atoms with E-state index in [1.165, 1.54) is 12.1 Å². The van der Waals surface area contributed by atoms with Gasteiger partial charge in [0.2, 0.25) is 0 Å². The lowest BCUT2D eigenvalue weighted by molar-refractivity contribution is 0.476. The Morgan fingerprint density at radius 1 is 1.47 bits per heavy atom. The molecule has 1 aromatic heterocycles. The van der Waals surface area contributed by atoms with Crippen LogP contribution in [0.5, 0.6) is 5.75 Å². The van der Waals surface area contributed by atoms with Crippen molar-refractivity contribution in [1.82, 2.24) is 9.97 Å². The topological polar surface area (TPSA) is 83.1 Å². The number of fused-ring (bicyclic) bond motifs is 1. The van der Waals surface area contributed by atoms with Crippen molar-refractivity contribution in [1.29, 1.82) is 0 Å². The monoisotopic (exact) mass is 226 g/mol. The van der Waals surface area contributed by atoms with Crippen molar-refractivity contribution in [3.63, 3.8) is 0 Å². The van der Waals surface area contributed by atoms with Crippen LogP contribution in [0.1, 0.15) is 5.82 Å². The van der Waals surface area contributed by atoms with Crippen LogP contribution in [0.15, 0.2) is 18.2 Å². The standard InChI is InChI=1S/C9H10N2O3S/c1-15(13,14)5-9-10-7-3-2-6(12)4-8(7)11-9/h2-4,12H,5H2,1H3,(H,10,11). The van der Waals surface area contributed by atoms with Crippen LogP contribution in [0.3, 0.4) is 0 Å². The van der Waals surface area contributed by atoms with E-state index in [4.69, 9.17) is 0 Å². The van der Waals surface area contributed by atoms with Gasteiger partial charge in [-0.25, -0.2) is 13.4 Å². The number of rotatable bonds is 2. The Balaban J connectivity index is 2.48. The highest BCUT2D eigenvalue weighted by Crippen LogP contribution is 2.18. The zero-order chi connectivity index (χ0) is 11.1. The van der Waals surface area contributed by atoms with Crippen LogP contribution in [0, 0.1) is 0 Å². The van der Waals surface area contributed by atoms with E-state index in [1.54, 1.807) is 6.07 Å². The first-order valence-electron chi connectivity index (χ1n) is 4.29. The van der Waals surface area contributed by atoms with E-state index in [1.807, 2.05) is 0 Å². The van der Waals surface area contributed by atoms with Gasteiger partial charge in [-0.3, -0.25) is 0 Å². The molecule has 0 unspecified atom stereocenters. The van der Waals surface area contributed by atoms with Crippen molar-refractivity contribution in [2.75, 3.05) is 6.26 Å². The summed E-state index contributed by atoms with van der Waals surface area (Å²) in [5, 5.41) is 9.21. The summed E-state index contributed by atoms with van der Waals surface area (Å²) in [6.07, 6.45) is 1.15. The molecule has 0 fully saturated rings. The van der Waals surface area contributed by atoms with E-state index in [2.05, 4.69) is 9.97 Å². The van der Waals surface area contributed by atoms with Gasteiger partial charge < -0.3 is 10.1 Å². The molecule has 5 nitrogen and oxygen atoms in total. The summed E-state index contributed by atoms with van der Waals surface area (Å²) in [6, 6.07) is 4.65. The maximum atomic E-state index is 11.0. The highest BCUT2D eigenvalue weighted by Gasteiger charge is 2.09. The Kier molecular flexibility index (Phi) is 2.15. The molecular formula is C9H10N2O3S. The SMILES string of the molecule is CS(=O)(=O)Cc1nc2ccc(O)cc2[nH]1. The summed E-state index contributed by atoms with van der Waals surface area (Å²) in [5.74, 6) is 0.387. The fraction of sp³-hybridized carbons (Fsp3) is 0.222. The van der Waals surface area contributed by atoms with Crippen LogP contribution >= 0.6 is 0 Å². The molecule has 6 heteroatoms. The minimum Gasteiger partial charge on any atom is -0.508 e. The Labute approximate surface area is 86.7 Å². The second kappa shape index (κ2) is 3.23. The summed E-state index contributed by atoms with van der Waals surface area (Å²) < 4.78 is 22.1. The van der Waals surface area contributed by atoms with Crippen molar-refractivity contribution in [3.05, 3.63) is 24.0 Å². The van der Waals surface area contributed by atoms with Gasteiger partial charge in [-0.2, -0.15) is 0 Å². The Morgan fingerprint density at radius 3 is 2.87 bits per heavy atom. The predicted octanol–water partition coefficient (Wildman–Crippen LogP) is 0.813. The number of aromatic hydroxyl groups is 1. The molecule has 0 bridgehead atoms. The van der Waals surface area contributed by atoms with Crippen LogP contribution < -0.4 is 0 Å². The molecular weight excluding hydrogens is 216 g/mol. The Hall–Kier alpha value is -1.56. The maximum absolute atomic E-state index is 11.0. The van der Waals surface area contributed by atoms with E-state index < -0.39 is 9.84 Å². The van der Waals surface area contributed by atoms with E-state index in [0.717, 1.165) is 6.26 Å². The summed E-state index contributed by atoms with van der Waals surface area (Å²) in [6.45, 7) is 0. The number of aromatic amines is 1. The van der Waals surface area contributed by atoms with Crippen molar-refractivity contribution >= 4 is 20.9 Å². The molecule has 0 aliphatic carbocycles. The maximum Gasteiger partial charge on any atom is 0.154 e. The van der Waals surface area contributed by atoms with E-state index in [0.29, 0.717) is 16.9 Å². The molecule has 0 aliphatic heterocycles. The van der Waals surface area contributed by atoms with Crippen molar-refractivity contribution in [2.45, 2.75) is 5.75 Å². The molecule has 1 heterocycles. The number of hydrogen-bond acceptors (Lipinski definition) is 4. The second-order valence-corrected chi connectivity index (χ2v) is 5.60. The van der Waals surface area contributed by atoms with Gasteiger partial charge in [0.15, 0.2) is 9.84 Å². The van der Waals surface area contributed by atoms with E-state index in [9.17, 15) is 13.5 Å². The molecule has 0 atom stereocenters. The van der Waals surface area contributed by atoms with Gasteiger partial charge in [-0.15, -0.1) is 0 Å². The first-order chi connectivity index (χ1) is 6.94. The molecule has 15 heavy (non-hydrogen) atoms. The second-order valence-electron chi connectivity index (χ2n) is 3.46. The minimum atomic E-state index is -3.09. The van der Waals surface area contributed by atoms with Crippen molar-refractivity contribution < 1.29 is 13.5 Å². The van der Waals surface area contributed by atoms with Gasteiger partial charge in [0.1, 0.15) is 17.3 Å². The number of nitrogens with zero attached hydrogens (tertiary/aromatic N) is 1. The third kappa shape index (κ3) is 2.27. The number of benzene rings is 1. The number of imidazole rings is 1. The number of phenolic OH excluding ortho intramolecular Hbond substituents is 1. The first-order valence-corrected chi connectivity index (χ1v) is 6.35. The molecule has 1 aromatic carbocycles. The Morgan fingerprint density at radius 2 is 2.20 bits per heavy atom. The molecule has 80 valence electrons. The van der Waals surface area contributed by atoms with Crippen LogP contribution in [-0.4, -0.2) is 29.7 Å². The summed E-state index contributed by atoms with van der Waals surface area (Å²) >= 11 is 0. The van der Waals surface area contributed by atoms with Gasteiger partial charge in [-0.1, -0.05) is 0 Å². The third-order valence-corrected chi connectivity index (χ3v) is 2.71. The molecule has 0 radical (unpaired) electrons. The third-order valence-electron chi connectivity index (χ3n) is 1.91. The van der Waals surface area contributed by atoms with Crippen LogP contribution in [0.25, 0.3) is 11.0 Å². The summed E-state index contributed by atoms with van der Waals surface area (Å²) in [4.78, 5) is 6.94. The fourth-order valence-corrected chi connectivity index (χ4v) is 2.00. The minimum absolute atomic E-state index is 0.122. The molecule has 0 amide bonds. The highest BCUT2D eigenvalue weighted by molar-refractivity contribution is 7.89. The van der Waals surface area contributed by atoms with E-state index in [-0.39, 0.29) is 11.5 Å². The zero-order valence-electron chi connectivity index (χ0n) is 8.06. The highest BCUT2D eigenvalue weighted by atomic mass is 32.2. The molecule has 0 saturated heterocycles. The predicted molar refractivity (Wildman–Crippen MR) is 56.3 cm³/mol. The summed E-state index contributed by atoms with van der Waals surface area (Å²) in [5.41, 5.74) is 1.28. The average molecular weight is 226 g/mol. The van der Waals surface area contributed by atoms with Gasteiger partial charge in [0, 0.05) is 12.3 Å². The van der Waals surface area contributed by atoms with Crippen LogP contribution in [0.2, 0.25) is 0 Å². The molecule has 0 aliphatic rings. The number of sulfone groups is 1. The molecule has 2 rings (SSSR count). The van der Waals surface area contributed by atoms with Crippen molar-refractivity contribution in [3.8, 4) is 5.75 Å². The lowest BCUT2D eigenvalue weighted by Gasteiger charge is -1.91. The molecule has 2 N–H and O–H groups in total. The number of hydrogen-bond donors (Lipinski definition) is 2. The van der Waals surface area contributed by atoms with Gasteiger partial charge in [0.05, 0.1) is 11.0 Å². The molecule has 2 aromatic rings. The van der Waals surface area contributed by atoms with E-state index >= 15 is 0 Å². The number of aromatic nitrogens is 2. The first kappa shape index (κ1) is 9.97. The average Bonchev–Trinajstić information content (AvgIpc) is 2.42. The largest absolute Gasteiger partial charge is 0.508 e. The zero-order valence-corrected chi connectivity index (χ0v) is 8.87. The number of nitrogens with one attached hydrogen (secondary N) is 1. The van der Waals surface area contributed by atoms with Gasteiger partial charge in [0.25, 0.3) is 0 Å².